The zero-order valence-electron chi connectivity index (χ0n) is 14.4. The minimum atomic E-state index is -3.62. The molecule has 0 saturated carbocycles. The van der Waals surface area contributed by atoms with Crippen molar-refractivity contribution in [1.29, 1.82) is 0 Å². The summed E-state index contributed by atoms with van der Waals surface area (Å²) in [5.41, 5.74) is -0.596. The predicted molar refractivity (Wildman–Crippen MR) is 87.2 cm³/mol. The number of esters is 1. The van der Waals surface area contributed by atoms with E-state index in [1.807, 2.05) is 13.8 Å². The van der Waals surface area contributed by atoms with Crippen molar-refractivity contribution in [2.24, 2.45) is 5.41 Å². The van der Waals surface area contributed by atoms with Gasteiger partial charge in [0.25, 0.3) is 0 Å². The van der Waals surface area contributed by atoms with Crippen molar-refractivity contribution in [2.75, 3.05) is 46.6 Å². The Hall–Kier alpha value is -0.830. The number of carbonyl (C=O) groups excluding carboxylic acids is 2. The van der Waals surface area contributed by atoms with Crippen molar-refractivity contribution in [3.63, 3.8) is 0 Å². The number of hydrogen-bond acceptors (Lipinski definition) is 8. The molecule has 2 aliphatic heterocycles. The number of hydrogen-bond donors (Lipinski definition) is 2. The number of methoxy groups -OCH3 is 1. The monoisotopic (exact) mass is 366 g/mol. The molecule has 2 aliphatic rings. The molecule has 0 aliphatic carbocycles. The molecule has 10 heteroatoms. The number of ether oxygens (including phenoxy) is 2. The number of amides is 1. The molecule has 2 N–H and O–H groups in total. The molecular weight excluding hydrogens is 339 g/mol. The molecule has 1 atom stereocenters. The van der Waals surface area contributed by atoms with Gasteiger partial charge < -0.3 is 0 Å². The van der Waals surface area contributed by atoms with Gasteiger partial charge in [0, 0.05) is 0 Å². The van der Waals surface area contributed by atoms with E-state index in [0.29, 0.717) is 26.3 Å². The molecule has 2 saturated heterocycles. The van der Waals surface area contributed by atoms with Crippen LogP contribution in [-0.4, -0.2) is 74.1 Å². The first-order valence-electron chi connectivity index (χ1n) is 8.00. The van der Waals surface area contributed by atoms with E-state index < -0.39 is 25.6 Å². The van der Waals surface area contributed by atoms with Gasteiger partial charge in [-0.25, -0.2) is 0 Å². The van der Waals surface area contributed by atoms with Crippen molar-refractivity contribution >= 4 is 20.0 Å². The molecule has 0 aromatic heterocycles. The fraction of sp³-hybridized carbons (Fsp3) is 0.857. The summed E-state index contributed by atoms with van der Waals surface area (Å²) >= 11 is 0. The zero-order valence-corrected chi connectivity index (χ0v) is 15.4. The Labute approximate surface area is 142 Å². The standard InChI is InChI=1S/C14H27N2O7P/c1-14(2)10-22-24(19,16-6-8-21-9-7-16)23-12(14)13(18)15-5-4-11(17)20-3/h12,19,24H,4-10H2,1-3H3,(H,15,18)/t12-/m0/s1. The predicted octanol–water partition coefficient (Wildman–Crippen LogP) is -0.158. The Morgan fingerprint density at radius 1 is 1.38 bits per heavy atom. The van der Waals surface area contributed by atoms with Crippen LogP contribution >= 0.6 is 8.09 Å². The van der Waals surface area contributed by atoms with Gasteiger partial charge in [0.05, 0.1) is 0 Å². The molecule has 0 aromatic rings. The van der Waals surface area contributed by atoms with Crippen molar-refractivity contribution in [2.45, 2.75) is 26.4 Å². The van der Waals surface area contributed by atoms with E-state index in [2.05, 4.69) is 10.1 Å². The van der Waals surface area contributed by atoms with Crippen LogP contribution in [0.4, 0.5) is 0 Å². The summed E-state index contributed by atoms with van der Waals surface area (Å²) < 4.78 is 23.0. The second-order valence-electron chi connectivity index (χ2n) is 6.54. The number of nitrogens with one attached hydrogen (secondary N) is 1. The van der Waals surface area contributed by atoms with Crippen LogP contribution in [0, 0.1) is 5.41 Å². The summed E-state index contributed by atoms with van der Waals surface area (Å²) in [4.78, 5) is 34.4. The number of nitrogens with zero attached hydrogens (tertiary/aromatic N) is 1. The van der Waals surface area contributed by atoms with Gasteiger partial charge in [0.1, 0.15) is 0 Å². The van der Waals surface area contributed by atoms with Crippen LogP contribution in [0.15, 0.2) is 0 Å². The Morgan fingerprint density at radius 2 is 2.04 bits per heavy atom. The summed E-state index contributed by atoms with van der Waals surface area (Å²) in [7, 11) is -2.32. The van der Waals surface area contributed by atoms with E-state index in [4.69, 9.17) is 13.8 Å². The summed E-state index contributed by atoms with van der Waals surface area (Å²) in [5, 5.41) is 2.66. The first-order chi connectivity index (χ1) is 11.3. The first-order valence-corrected chi connectivity index (χ1v) is 9.71. The van der Waals surface area contributed by atoms with Crippen molar-refractivity contribution in [3.05, 3.63) is 0 Å². The third-order valence-electron chi connectivity index (χ3n) is 4.12. The Kier molecular flexibility index (Phi) is 6.52. The number of morpholine rings is 1. The van der Waals surface area contributed by atoms with Crippen LogP contribution < -0.4 is 5.32 Å². The molecule has 0 aromatic carbocycles. The van der Waals surface area contributed by atoms with E-state index in [1.54, 1.807) is 4.67 Å². The fourth-order valence-electron chi connectivity index (χ4n) is 2.61. The summed E-state index contributed by atoms with van der Waals surface area (Å²) in [6.07, 6.45) is -0.778. The Balaban J connectivity index is 1.99. The summed E-state index contributed by atoms with van der Waals surface area (Å²) in [6.45, 7) is 6.01. The van der Waals surface area contributed by atoms with Crippen molar-refractivity contribution in [1.82, 2.24) is 9.99 Å². The second kappa shape index (κ2) is 8.03. The van der Waals surface area contributed by atoms with Gasteiger partial charge in [-0.1, -0.05) is 0 Å². The molecule has 0 spiro atoms. The maximum atomic E-state index is 12.5. The average molecular weight is 366 g/mol. The van der Waals surface area contributed by atoms with E-state index >= 15 is 0 Å². The maximum absolute atomic E-state index is 12.5. The molecule has 140 valence electrons. The van der Waals surface area contributed by atoms with Gasteiger partial charge in [0.2, 0.25) is 0 Å². The number of rotatable bonds is 5. The SMILES string of the molecule is COC(=O)CCNC(=O)[C@@H]1O[PH](O)(N2CCOCC2)OCC1(C)C. The van der Waals surface area contributed by atoms with Gasteiger partial charge in [-0.3, -0.25) is 0 Å². The zero-order chi connectivity index (χ0) is 17.8. The van der Waals surface area contributed by atoms with Crippen molar-refractivity contribution in [3.8, 4) is 0 Å². The molecule has 0 radical (unpaired) electrons. The topological polar surface area (TPSA) is 107 Å². The molecule has 0 unspecified atom stereocenters. The molecule has 9 nitrogen and oxygen atoms in total. The van der Waals surface area contributed by atoms with E-state index in [9.17, 15) is 14.5 Å². The molecule has 2 fully saturated rings. The molecule has 0 bridgehead atoms. The van der Waals surface area contributed by atoms with Crippen LogP contribution in [0.3, 0.4) is 0 Å². The molecule has 2 heterocycles. The molecule has 1 amide bonds. The van der Waals surface area contributed by atoms with E-state index in [-0.39, 0.29) is 25.5 Å². The van der Waals surface area contributed by atoms with Crippen LogP contribution in [0.2, 0.25) is 0 Å². The van der Waals surface area contributed by atoms with Crippen molar-refractivity contribution < 1.29 is 33.0 Å². The van der Waals surface area contributed by atoms with E-state index in [0.717, 1.165) is 0 Å². The van der Waals surface area contributed by atoms with Crippen LogP contribution in [0.25, 0.3) is 0 Å². The molecule has 2 rings (SSSR count). The van der Waals surface area contributed by atoms with Crippen LogP contribution in [0.5, 0.6) is 0 Å². The Morgan fingerprint density at radius 3 is 2.67 bits per heavy atom. The fourth-order valence-corrected chi connectivity index (χ4v) is 5.05. The van der Waals surface area contributed by atoms with Gasteiger partial charge in [-0.2, -0.15) is 0 Å². The Bertz CT molecular complexity index is 470. The van der Waals surface area contributed by atoms with E-state index in [1.165, 1.54) is 7.11 Å². The average Bonchev–Trinajstić information content (AvgIpc) is 2.57. The van der Waals surface area contributed by atoms with Gasteiger partial charge in [-0.15, -0.1) is 0 Å². The first kappa shape index (κ1) is 19.5. The minimum absolute atomic E-state index is 0.0804. The molecule has 24 heavy (non-hydrogen) atoms. The summed E-state index contributed by atoms with van der Waals surface area (Å²) in [5.74, 6) is -0.770. The third-order valence-corrected chi connectivity index (χ3v) is 6.43. The third kappa shape index (κ3) is 4.62. The van der Waals surface area contributed by atoms with Gasteiger partial charge in [-0.05, 0) is 0 Å². The normalized spacial score (nSPS) is 27.9. The molecular formula is C14H27N2O7P. The van der Waals surface area contributed by atoms with Crippen LogP contribution in [0.1, 0.15) is 20.3 Å². The van der Waals surface area contributed by atoms with Crippen LogP contribution in [-0.2, 0) is 28.1 Å². The summed E-state index contributed by atoms with van der Waals surface area (Å²) in [6, 6.07) is 0. The van der Waals surface area contributed by atoms with Gasteiger partial charge in [0.15, 0.2) is 0 Å². The quantitative estimate of drug-likeness (QED) is 0.511. The number of carbonyl (C=O) groups is 2. The second-order valence-corrected chi connectivity index (χ2v) is 8.79. The van der Waals surface area contributed by atoms with Gasteiger partial charge >= 0.3 is 141 Å².